The number of nitrogens with zero attached hydrogens (tertiary/aromatic N) is 1. The van der Waals surface area contributed by atoms with Gasteiger partial charge in [0.2, 0.25) is 0 Å². The van der Waals surface area contributed by atoms with Crippen LogP contribution < -0.4 is 5.73 Å². The Balaban J connectivity index is 1.83. The van der Waals surface area contributed by atoms with Crippen LogP contribution in [0.4, 0.5) is 13.2 Å². The van der Waals surface area contributed by atoms with E-state index in [9.17, 15) is 18.3 Å². The van der Waals surface area contributed by atoms with Crippen molar-refractivity contribution in [3.8, 4) is 0 Å². The molecule has 1 aliphatic carbocycles. The Bertz CT molecular complexity index is 286. The Labute approximate surface area is 105 Å². The van der Waals surface area contributed by atoms with E-state index in [1.807, 2.05) is 4.90 Å². The average Bonchev–Trinajstić information content (AvgIpc) is 3.12. The first-order valence-corrected chi connectivity index (χ1v) is 6.56. The maximum Gasteiger partial charge on any atom is 0.391 e. The SMILES string of the molecule is NCC(O)(CN1CCC(C(F)(F)F)CC1)C1CC1. The van der Waals surface area contributed by atoms with Crippen LogP contribution in [-0.2, 0) is 0 Å². The largest absolute Gasteiger partial charge is 0.391 e. The number of halogens is 3. The van der Waals surface area contributed by atoms with Crippen molar-refractivity contribution in [2.75, 3.05) is 26.2 Å². The molecule has 0 aromatic carbocycles. The van der Waals surface area contributed by atoms with Gasteiger partial charge in [0, 0.05) is 13.1 Å². The monoisotopic (exact) mass is 266 g/mol. The number of likely N-dealkylation sites (tertiary alicyclic amines) is 1. The van der Waals surface area contributed by atoms with Gasteiger partial charge < -0.3 is 15.7 Å². The van der Waals surface area contributed by atoms with Crippen molar-refractivity contribution < 1.29 is 18.3 Å². The third-order valence-electron chi connectivity index (χ3n) is 4.24. The van der Waals surface area contributed by atoms with Gasteiger partial charge in [-0.05, 0) is 44.7 Å². The predicted octanol–water partition coefficient (Wildman–Crippen LogP) is 1.36. The third kappa shape index (κ3) is 3.16. The highest BCUT2D eigenvalue weighted by Gasteiger charge is 2.46. The summed E-state index contributed by atoms with van der Waals surface area (Å²) < 4.78 is 37.6. The molecule has 1 saturated heterocycles. The van der Waals surface area contributed by atoms with Crippen molar-refractivity contribution in [2.45, 2.75) is 37.5 Å². The average molecular weight is 266 g/mol. The predicted molar refractivity (Wildman–Crippen MR) is 61.9 cm³/mol. The zero-order valence-electron chi connectivity index (χ0n) is 10.4. The molecule has 0 aromatic heterocycles. The molecule has 1 unspecified atom stereocenters. The number of piperidine rings is 1. The van der Waals surface area contributed by atoms with E-state index in [0.29, 0.717) is 19.6 Å². The van der Waals surface area contributed by atoms with Crippen LogP contribution in [0, 0.1) is 11.8 Å². The van der Waals surface area contributed by atoms with Gasteiger partial charge in [-0.25, -0.2) is 0 Å². The maximum absolute atomic E-state index is 12.5. The molecule has 1 heterocycles. The van der Waals surface area contributed by atoms with E-state index >= 15 is 0 Å². The molecule has 6 heteroatoms. The Morgan fingerprint density at radius 2 is 1.61 bits per heavy atom. The second-order valence-electron chi connectivity index (χ2n) is 5.67. The molecule has 0 aromatic rings. The van der Waals surface area contributed by atoms with E-state index in [-0.39, 0.29) is 25.3 Å². The minimum Gasteiger partial charge on any atom is -0.387 e. The molecule has 106 valence electrons. The molecule has 2 rings (SSSR count). The van der Waals surface area contributed by atoms with E-state index in [1.54, 1.807) is 0 Å². The summed E-state index contributed by atoms with van der Waals surface area (Å²) in [4.78, 5) is 1.92. The molecule has 1 saturated carbocycles. The topological polar surface area (TPSA) is 49.5 Å². The molecule has 0 radical (unpaired) electrons. The number of aliphatic hydroxyl groups is 1. The van der Waals surface area contributed by atoms with Gasteiger partial charge in [-0.2, -0.15) is 13.2 Å². The van der Waals surface area contributed by atoms with Crippen molar-refractivity contribution in [3.63, 3.8) is 0 Å². The number of hydrogen-bond donors (Lipinski definition) is 2. The molecule has 0 amide bonds. The van der Waals surface area contributed by atoms with Crippen LogP contribution in [-0.4, -0.2) is 48.0 Å². The molecule has 18 heavy (non-hydrogen) atoms. The smallest absolute Gasteiger partial charge is 0.387 e. The van der Waals surface area contributed by atoms with Crippen LogP contribution in [0.3, 0.4) is 0 Å². The number of alkyl halides is 3. The first-order valence-electron chi connectivity index (χ1n) is 6.56. The Morgan fingerprint density at radius 3 is 2.00 bits per heavy atom. The van der Waals surface area contributed by atoms with E-state index < -0.39 is 17.7 Å². The highest BCUT2D eigenvalue weighted by Crippen LogP contribution is 2.40. The van der Waals surface area contributed by atoms with Crippen molar-refractivity contribution in [2.24, 2.45) is 17.6 Å². The summed E-state index contributed by atoms with van der Waals surface area (Å²) >= 11 is 0. The summed E-state index contributed by atoms with van der Waals surface area (Å²) in [6.45, 7) is 1.41. The van der Waals surface area contributed by atoms with Gasteiger partial charge in [-0.3, -0.25) is 0 Å². The third-order valence-corrected chi connectivity index (χ3v) is 4.24. The van der Waals surface area contributed by atoms with Crippen LogP contribution in [0.25, 0.3) is 0 Å². The summed E-state index contributed by atoms with van der Waals surface area (Å²) in [5.74, 6) is -0.941. The van der Waals surface area contributed by atoms with Crippen LogP contribution >= 0.6 is 0 Å². The molecule has 2 aliphatic rings. The summed E-state index contributed by atoms with van der Waals surface area (Å²) in [6, 6.07) is 0. The lowest BCUT2D eigenvalue weighted by atomic mass is 9.92. The molecule has 2 fully saturated rings. The Kier molecular flexibility index (Phi) is 3.90. The molecule has 3 nitrogen and oxygen atoms in total. The van der Waals surface area contributed by atoms with Gasteiger partial charge in [-0.1, -0.05) is 0 Å². The lowest BCUT2D eigenvalue weighted by Gasteiger charge is -2.38. The van der Waals surface area contributed by atoms with Gasteiger partial charge in [0.1, 0.15) is 0 Å². The van der Waals surface area contributed by atoms with Crippen LogP contribution in [0.15, 0.2) is 0 Å². The van der Waals surface area contributed by atoms with E-state index in [4.69, 9.17) is 5.73 Å². The molecule has 1 atom stereocenters. The van der Waals surface area contributed by atoms with Gasteiger partial charge in [-0.15, -0.1) is 0 Å². The Hall–Kier alpha value is -0.330. The first kappa shape index (κ1) is 14.1. The molecule has 3 N–H and O–H groups in total. The minimum atomic E-state index is -4.08. The van der Waals surface area contributed by atoms with E-state index in [0.717, 1.165) is 12.8 Å². The van der Waals surface area contributed by atoms with E-state index in [2.05, 4.69) is 0 Å². The maximum atomic E-state index is 12.5. The lowest BCUT2D eigenvalue weighted by Crippen LogP contribution is -2.52. The highest BCUT2D eigenvalue weighted by atomic mass is 19.4. The number of hydrogen-bond acceptors (Lipinski definition) is 3. The van der Waals surface area contributed by atoms with Crippen LogP contribution in [0.1, 0.15) is 25.7 Å². The lowest BCUT2D eigenvalue weighted by molar-refractivity contribution is -0.186. The van der Waals surface area contributed by atoms with Gasteiger partial charge in [0.15, 0.2) is 0 Å². The zero-order chi connectivity index (χ0) is 13.4. The molecular formula is C12H21F3N2O. The minimum absolute atomic E-state index is 0.134. The van der Waals surface area contributed by atoms with Gasteiger partial charge in [0.05, 0.1) is 11.5 Å². The van der Waals surface area contributed by atoms with Crippen molar-refractivity contribution >= 4 is 0 Å². The highest BCUT2D eigenvalue weighted by molar-refractivity contribution is 4.98. The Morgan fingerprint density at radius 1 is 1.06 bits per heavy atom. The summed E-state index contributed by atoms with van der Waals surface area (Å²) in [5.41, 5.74) is 4.71. The number of rotatable bonds is 4. The van der Waals surface area contributed by atoms with Crippen molar-refractivity contribution in [1.82, 2.24) is 4.90 Å². The quantitative estimate of drug-likeness (QED) is 0.808. The second kappa shape index (κ2) is 4.98. The number of β-amino-alcohol motifs (C(OH)–C–C–N with tert-alkyl or cyclic N) is 1. The zero-order valence-corrected chi connectivity index (χ0v) is 10.4. The molecule has 0 bridgehead atoms. The van der Waals surface area contributed by atoms with Crippen molar-refractivity contribution in [3.05, 3.63) is 0 Å². The molecule has 1 aliphatic heterocycles. The number of nitrogens with two attached hydrogens (primary N) is 1. The van der Waals surface area contributed by atoms with Gasteiger partial charge in [0.25, 0.3) is 0 Å². The van der Waals surface area contributed by atoms with E-state index in [1.165, 1.54) is 0 Å². The summed E-state index contributed by atoms with van der Waals surface area (Å²) in [7, 11) is 0. The van der Waals surface area contributed by atoms with Gasteiger partial charge >= 0.3 is 6.18 Å². The molecular weight excluding hydrogens is 245 g/mol. The standard InChI is InChI=1S/C12H21F3N2O/c13-12(14,15)10-3-5-17(6-4-10)8-11(18,7-16)9-1-2-9/h9-10,18H,1-8,16H2. The molecule has 0 spiro atoms. The fourth-order valence-corrected chi connectivity index (χ4v) is 2.79. The second-order valence-corrected chi connectivity index (χ2v) is 5.67. The summed E-state index contributed by atoms with van der Waals surface area (Å²) in [6.07, 6.45) is -1.85. The fraction of sp³-hybridized carbons (Fsp3) is 1.00. The fourth-order valence-electron chi connectivity index (χ4n) is 2.79. The first-order chi connectivity index (χ1) is 8.35. The van der Waals surface area contributed by atoms with Crippen LogP contribution in [0.2, 0.25) is 0 Å². The van der Waals surface area contributed by atoms with Crippen LogP contribution in [0.5, 0.6) is 0 Å². The summed E-state index contributed by atoms with van der Waals surface area (Å²) in [5, 5.41) is 10.3. The normalized spacial score (nSPS) is 27.2. The van der Waals surface area contributed by atoms with Crippen molar-refractivity contribution in [1.29, 1.82) is 0 Å².